The van der Waals surface area contributed by atoms with Crippen molar-refractivity contribution >= 4 is 17.3 Å². The van der Waals surface area contributed by atoms with Gasteiger partial charge in [-0.05, 0) is 25.0 Å². The highest BCUT2D eigenvalue weighted by atomic mass is 32.1. The molecule has 0 aliphatic rings. The Morgan fingerprint density at radius 3 is 2.85 bits per heavy atom. The first-order valence-electron chi connectivity index (χ1n) is 4.43. The van der Waals surface area contributed by atoms with Gasteiger partial charge in [0.25, 0.3) is 0 Å². The number of carboxylic acid groups (broad SMARTS) is 1. The van der Waals surface area contributed by atoms with E-state index in [-0.39, 0.29) is 6.42 Å². The van der Waals surface area contributed by atoms with Gasteiger partial charge in [0.15, 0.2) is 0 Å². The van der Waals surface area contributed by atoms with Crippen LogP contribution in [0, 0.1) is 6.92 Å². The second kappa shape index (κ2) is 4.42. The molecule has 0 radical (unpaired) electrons. The van der Waals surface area contributed by atoms with E-state index in [0.29, 0.717) is 0 Å². The second-order valence-electron chi connectivity index (χ2n) is 3.13. The number of aryl methyl sites for hydroxylation is 2. The zero-order valence-corrected chi connectivity index (χ0v) is 8.78. The zero-order chi connectivity index (χ0) is 9.84. The normalized spacial score (nSPS) is 10.3. The van der Waals surface area contributed by atoms with Gasteiger partial charge < -0.3 is 5.11 Å². The quantitative estimate of drug-likeness (QED) is 0.807. The summed E-state index contributed by atoms with van der Waals surface area (Å²) in [6, 6.07) is 2.10. The number of thiophene rings is 1. The first-order chi connectivity index (χ1) is 6.13. The van der Waals surface area contributed by atoms with Crippen LogP contribution < -0.4 is 0 Å². The van der Waals surface area contributed by atoms with Crippen molar-refractivity contribution in [2.45, 2.75) is 33.1 Å². The van der Waals surface area contributed by atoms with Gasteiger partial charge in [-0.1, -0.05) is 13.3 Å². The van der Waals surface area contributed by atoms with Crippen LogP contribution >= 0.6 is 11.3 Å². The molecule has 1 rings (SSSR count). The average Bonchev–Trinajstić information content (AvgIpc) is 2.31. The van der Waals surface area contributed by atoms with Crippen molar-refractivity contribution in [2.24, 2.45) is 0 Å². The molecule has 72 valence electrons. The van der Waals surface area contributed by atoms with Crippen LogP contribution in [0.2, 0.25) is 0 Å². The summed E-state index contributed by atoms with van der Waals surface area (Å²) >= 11 is 1.60. The smallest absolute Gasteiger partial charge is 0.308 e. The minimum atomic E-state index is -0.737. The number of aliphatic carboxylic acids is 1. The van der Waals surface area contributed by atoms with Crippen LogP contribution in [0.3, 0.4) is 0 Å². The van der Waals surface area contributed by atoms with Crippen LogP contribution in [0.15, 0.2) is 6.07 Å². The molecule has 0 aliphatic carbocycles. The summed E-state index contributed by atoms with van der Waals surface area (Å²) in [6.45, 7) is 4.13. The highest BCUT2D eigenvalue weighted by Crippen LogP contribution is 2.23. The Bertz CT molecular complexity index is 302. The Kier molecular flexibility index (Phi) is 3.48. The van der Waals surface area contributed by atoms with Crippen LogP contribution in [0.25, 0.3) is 0 Å². The van der Waals surface area contributed by atoms with E-state index in [9.17, 15) is 4.79 Å². The molecule has 0 fully saturated rings. The highest BCUT2D eigenvalue weighted by molar-refractivity contribution is 7.12. The van der Waals surface area contributed by atoms with E-state index in [1.54, 1.807) is 11.3 Å². The predicted molar refractivity (Wildman–Crippen MR) is 54.4 cm³/mol. The highest BCUT2D eigenvalue weighted by Gasteiger charge is 2.09. The Morgan fingerprint density at radius 1 is 1.62 bits per heavy atom. The van der Waals surface area contributed by atoms with Gasteiger partial charge in [-0.25, -0.2) is 0 Å². The van der Waals surface area contributed by atoms with Gasteiger partial charge in [0.2, 0.25) is 0 Å². The lowest BCUT2D eigenvalue weighted by Gasteiger charge is -1.97. The largest absolute Gasteiger partial charge is 0.481 e. The lowest BCUT2D eigenvalue weighted by Crippen LogP contribution is -2.00. The molecular formula is C10H14O2S. The van der Waals surface area contributed by atoms with Gasteiger partial charge in [-0.3, -0.25) is 4.79 Å². The van der Waals surface area contributed by atoms with E-state index in [2.05, 4.69) is 13.0 Å². The van der Waals surface area contributed by atoms with Gasteiger partial charge in [0, 0.05) is 9.75 Å². The van der Waals surface area contributed by atoms with Crippen LogP contribution in [0.4, 0.5) is 0 Å². The van der Waals surface area contributed by atoms with Crippen molar-refractivity contribution in [2.75, 3.05) is 0 Å². The van der Waals surface area contributed by atoms with E-state index in [4.69, 9.17) is 5.11 Å². The molecule has 2 nitrogen and oxygen atoms in total. The topological polar surface area (TPSA) is 37.3 Å². The average molecular weight is 198 g/mol. The summed E-state index contributed by atoms with van der Waals surface area (Å²) in [4.78, 5) is 12.8. The van der Waals surface area contributed by atoms with Crippen LogP contribution in [-0.2, 0) is 17.6 Å². The summed E-state index contributed by atoms with van der Waals surface area (Å²) in [7, 11) is 0. The Morgan fingerprint density at radius 2 is 2.31 bits per heavy atom. The van der Waals surface area contributed by atoms with Crippen molar-refractivity contribution in [3.05, 3.63) is 21.4 Å². The van der Waals surface area contributed by atoms with E-state index < -0.39 is 5.97 Å². The lowest BCUT2D eigenvalue weighted by atomic mass is 10.1. The molecule has 0 bridgehead atoms. The Hall–Kier alpha value is -0.830. The zero-order valence-electron chi connectivity index (χ0n) is 7.96. The lowest BCUT2D eigenvalue weighted by molar-refractivity contribution is -0.136. The monoisotopic (exact) mass is 198 g/mol. The number of hydrogen-bond acceptors (Lipinski definition) is 2. The molecule has 0 saturated heterocycles. The van der Waals surface area contributed by atoms with Crippen molar-refractivity contribution in [1.82, 2.24) is 0 Å². The molecule has 1 heterocycles. The third kappa shape index (κ3) is 2.84. The third-order valence-corrected chi connectivity index (χ3v) is 2.94. The fourth-order valence-corrected chi connectivity index (χ4v) is 2.46. The minimum absolute atomic E-state index is 0.174. The van der Waals surface area contributed by atoms with Crippen LogP contribution in [-0.4, -0.2) is 11.1 Å². The second-order valence-corrected chi connectivity index (χ2v) is 4.47. The maximum absolute atomic E-state index is 10.5. The molecule has 0 atom stereocenters. The molecule has 0 saturated carbocycles. The fraction of sp³-hybridized carbons (Fsp3) is 0.500. The minimum Gasteiger partial charge on any atom is -0.481 e. The van der Waals surface area contributed by atoms with E-state index >= 15 is 0 Å². The molecule has 3 heteroatoms. The maximum Gasteiger partial charge on any atom is 0.308 e. The van der Waals surface area contributed by atoms with Gasteiger partial charge in [0.1, 0.15) is 0 Å². The summed E-state index contributed by atoms with van der Waals surface area (Å²) in [5.41, 5.74) is 1.22. The Labute approximate surface area is 82.2 Å². The van der Waals surface area contributed by atoms with E-state index in [1.165, 1.54) is 10.4 Å². The van der Waals surface area contributed by atoms with Gasteiger partial charge in [-0.2, -0.15) is 0 Å². The van der Waals surface area contributed by atoms with Crippen molar-refractivity contribution in [3.8, 4) is 0 Å². The Balaban J connectivity index is 2.83. The summed E-state index contributed by atoms with van der Waals surface area (Å²) in [6.07, 6.45) is 2.24. The number of carbonyl (C=O) groups is 1. The molecular weight excluding hydrogens is 184 g/mol. The third-order valence-electron chi connectivity index (χ3n) is 1.85. The van der Waals surface area contributed by atoms with E-state index in [0.717, 1.165) is 17.7 Å². The number of rotatable bonds is 4. The predicted octanol–water partition coefficient (Wildman–Crippen LogP) is 2.64. The molecule has 1 N–H and O–H groups in total. The van der Waals surface area contributed by atoms with E-state index in [1.807, 2.05) is 6.92 Å². The molecule has 13 heavy (non-hydrogen) atoms. The van der Waals surface area contributed by atoms with Gasteiger partial charge >= 0.3 is 5.97 Å². The van der Waals surface area contributed by atoms with Crippen LogP contribution in [0.5, 0.6) is 0 Å². The molecule has 0 aromatic carbocycles. The van der Waals surface area contributed by atoms with Crippen LogP contribution in [0.1, 0.15) is 28.7 Å². The summed E-state index contributed by atoms with van der Waals surface area (Å²) in [5, 5.41) is 8.68. The SMILES string of the molecule is CCCc1cc(C)sc1CC(=O)O. The molecule has 0 unspecified atom stereocenters. The molecule has 1 aromatic heterocycles. The molecule has 0 amide bonds. The van der Waals surface area contributed by atoms with Gasteiger partial charge in [-0.15, -0.1) is 11.3 Å². The molecule has 1 aromatic rings. The summed E-state index contributed by atoms with van der Waals surface area (Å²) < 4.78 is 0. The van der Waals surface area contributed by atoms with Crippen molar-refractivity contribution in [3.63, 3.8) is 0 Å². The first-order valence-corrected chi connectivity index (χ1v) is 5.25. The number of carboxylic acids is 1. The van der Waals surface area contributed by atoms with Crippen molar-refractivity contribution in [1.29, 1.82) is 0 Å². The van der Waals surface area contributed by atoms with Gasteiger partial charge in [0.05, 0.1) is 6.42 Å². The number of hydrogen-bond donors (Lipinski definition) is 1. The fourth-order valence-electron chi connectivity index (χ4n) is 1.38. The van der Waals surface area contributed by atoms with Crippen molar-refractivity contribution < 1.29 is 9.90 Å². The molecule has 0 spiro atoms. The standard InChI is InChI=1S/C10H14O2S/c1-3-4-8-5-7(2)13-9(8)6-10(11)12/h5H,3-4,6H2,1-2H3,(H,11,12). The summed E-state index contributed by atoms with van der Waals surface area (Å²) in [5.74, 6) is -0.737. The first kappa shape index (κ1) is 10.3. The molecule has 0 aliphatic heterocycles. The maximum atomic E-state index is 10.5.